The van der Waals surface area contributed by atoms with Crippen molar-refractivity contribution < 1.29 is 18.7 Å². The second kappa shape index (κ2) is 12.2. The molecule has 0 atom stereocenters. The van der Waals surface area contributed by atoms with Crippen molar-refractivity contribution in [2.24, 2.45) is 5.10 Å². The first-order valence-electron chi connectivity index (χ1n) is 12.6. The minimum Gasteiger partial charge on any atom is -0.462 e. The van der Waals surface area contributed by atoms with Crippen molar-refractivity contribution in [3.63, 3.8) is 0 Å². The van der Waals surface area contributed by atoms with Crippen LogP contribution in [0.15, 0.2) is 99.8 Å². The average Bonchev–Trinajstić information content (AvgIpc) is 3.65. The van der Waals surface area contributed by atoms with E-state index in [0.29, 0.717) is 29.3 Å². The highest BCUT2D eigenvalue weighted by Crippen LogP contribution is 2.27. The van der Waals surface area contributed by atoms with Crippen LogP contribution in [-0.4, -0.2) is 29.7 Å². The SMILES string of the molecule is CCOC(=O)c1ccc(-c2ccc(/C=N\NC(=O)c3ccc(-c4csc(Nc5ccc(C)cc5)n4)cc3)o2)cc1. The number of aryl methyl sites for hydroxylation is 1. The standard InChI is InChI=1S/C31H26N4O4S/c1-3-38-30(37)24-12-8-22(9-13-24)28-17-16-26(39-28)18-32-35-29(36)23-10-6-21(7-11-23)27-19-40-31(34-27)33-25-14-4-20(2)5-15-25/h4-19H,3H2,1-2H3,(H,33,34)(H,35,36)/b32-18-. The van der Waals surface area contributed by atoms with E-state index in [1.807, 2.05) is 48.7 Å². The number of furan rings is 1. The van der Waals surface area contributed by atoms with Gasteiger partial charge in [-0.25, -0.2) is 15.2 Å². The molecule has 0 radical (unpaired) electrons. The van der Waals surface area contributed by atoms with Crippen LogP contribution in [-0.2, 0) is 4.74 Å². The maximum absolute atomic E-state index is 12.6. The number of amides is 1. The van der Waals surface area contributed by atoms with E-state index in [2.05, 4.69) is 20.8 Å². The zero-order valence-corrected chi connectivity index (χ0v) is 22.7. The molecule has 200 valence electrons. The Kier molecular flexibility index (Phi) is 8.13. The smallest absolute Gasteiger partial charge is 0.338 e. The van der Waals surface area contributed by atoms with Crippen molar-refractivity contribution in [3.8, 4) is 22.6 Å². The molecular weight excluding hydrogens is 524 g/mol. The van der Waals surface area contributed by atoms with Gasteiger partial charge in [-0.2, -0.15) is 5.10 Å². The van der Waals surface area contributed by atoms with Crippen molar-refractivity contribution in [1.82, 2.24) is 10.4 Å². The lowest BCUT2D eigenvalue weighted by atomic mass is 10.1. The molecule has 0 aliphatic carbocycles. The summed E-state index contributed by atoms with van der Waals surface area (Å²) in [4.78, 5) is 29.0. The summed E-state index contributed by atoms with van der Waals surface area (Å²) < 4.78 is 10.8. The fraction of sp³-hybridized carbons (Fsp3) is 0.0968. The Bertz CT molecular complexity index is 1640. The van der Waals surface area contributed by atoms with Crippen LogP contribution in [0.4, 0.5) is 10.8 Å². The van der Waals surface area contributed by atoms with Crippen LogP contribution in [0.2, 0.25) is 0 Å². The number of carbonyl (C=O) groups is 2. The lowest BCUT2D eigenvalue weighted by Crippen LogP contribution is -2.17. The van der Waals surface area contributed by atoms with E-state index < -0.39 is 0 Å². The summed E-state index contributed by atoms with van der Waals surface area (Å²) >= 11 is 1.52. The van der Waals surface area contributed by atoms with Gasteiger partial charge >= 0.3 is 5.97 Å². The Morgan fingerprint density at radius 1 is 0.925 bits per heavy atom. The first-order chi connectivity index (χ1) is 19.5. The largest absolute Gasteiger partial charge is 0.462 e. The number of anilines is 2. The molecule has 0 bridgehead atoms. The van der Waals surface area contributed by atoms with Gasteiger partial charge in [-0.05, 0) is 62.4 Å². The number of nitrogens with zero attached hydrogens (tertiary/aromatic N) is 2. The number of hydrogen-bond donors (Lipinski definition) is 2. The van der Waals surface area contributed by atoms with Gasteiger partial charge in [-0.15, -0.1) is 11.3 Å². The maximum atomic E-state index is 12.6. The molecule has 2 aromatic heterocycles. The number of benzene rings is 3. The summed E-state index contributed by atoms with van der Waals surface area (Å²) in [6.45, 7) is 4.14. The molecule has 2 N–H and O–H groups in total. The van der Waals surface area contributed by atoms with Crippen molar-refractivity contribution in [3.05, 3.63) is 113 Å². The summed E-state index contributed by atoms with van der Waals surface area (Å²) in [7, 11) is 0. The number of rotatable bonds is 9. The first kappa shape index (κ1) is 26.6. The summed E-state index contributed by atoms with van der Waals surface area (Å²) in [5, 5.41) is 10.1. The molecule has 1 amide bonds. The lowest BCUT2D eigenvalue weighted by molar-refractivity contribution is 0.0526. The molecule has 8 nitrogen and oxygen atoms in total. The molecule has 0 saturated carbocycles. The fourth-order valence-electron chi connectivity index (χ4n) is 3.80. The van der Waals surface area contributed by atoms with Crippen LogP contribution in [0.1, 0.15) is 39.0 Å². The molecule has 2 heterocycles. The number of thiazole rings is 1. The fourth-order valence-corrected chi connectivity index (χ4v) is 4.54. The van der Waals surface area contributed by atoms with Gasteiger partial charge in [0.25, 0.3) is 5.91 Å². The van der Waals surface area contributed by atoms with Crippen LogP contribution >= 0.6 is 11.3 Å². The molecule has 0 saturated heterocycles. The monoisotopic (exact) mass is 550 g/mol. The molecule has 3 aromatic carbocycles. The number of hydrogen-bond acceptors (Lipinski definition) is 8. The molecule has 0 unspecified atom stereocenters. The van der Waals surface area contributed by atoms with Gasteiger partial charge in [0.05, 0.1) is 24.1 Å². The molecule has 9 heteroatoms. The maximum Gasteiger partial charge on any atom is 0.338 e. The Labute approximate surface area is 235 Å². The third-order valence-corrected chi connectivity index (χ3v) is 6.67. The van der Waals surface area contributed by atoms with E-state index in [-0.39, 0.29) is 11.9 Å². The Morgan fingerprint density at radius 2 is 1.62 bits per heavy atom. The van der Waals surface area contributed by atoms with Gasteiger partial charge in [0, 0.05) is 27.8 Å². The molecule has 0 aliphatic rings. The van der Waals surface area contributed by atoms with Gasteiger partial charge in [0.15, 0.2) is 5.13 Å². The van der Waals surface area contributed by atoms with Crippen molar-refractivity contribution >= 4 is 40.2 Å². The van der Waals surface area contributed by atoms with E-state index >= 15 is 0 Å². The minimum absolute atomic E-state index is 0.323. The molecule has 0 spiro atoms. The molecular formula is C31H26N4O4S. The average molecular weight is 551 g/mol. The van der Waals surface area contributed by atoms with E-state index in [4.69, 9.17) is 9.15 Å². The van der Waals surface area contributed by atoms with Crippen molar-refractivity contribution in [1.29, 1.82) is 0 Å². The zero-order chi connectivity index (χ0) is 27.9. The number of carbonyl (C=O) groups excluding carboxylic acids is 2. The third-order valence-electron chi connectivity index (χ3n) is 5.92. The van der Waals surface area contributed by atoms with E-state index in [9.17, 15) is 9.59 Å². The number of nitrogens with one attached hydrogen (secondary N) is 2. The molecule has 5 rings (SSSR count). The number of hydrazone groups is 1. The Morgan fingerprint density at radius 3 is 2.35 bits per heavy atom. The lowest BCUT2D eigenvalue weighted by Gasteiger charge is -2.03. The molecule has 5 aromatic rings. The summed E-state index contributed by atoms with van der Waals surface area (Å²) in [5.41, 5.74) is 8.18. The van der Waals surface area contributed by atoms with Crippen molar-refractivity contribution in [2.45, 2.75) is 13.8 Å². The second-order valence-corrected chi connectivity index (χ2v) is 9.66. The van der Waals surface area contributed by atoms with Crippen molar-refractivity contribution in [2.75, 3.05) is 11.9 Å². The highest BCUT2D eigenvalue weighted by Gasteiger charge is 2.10. The second-order valence-electron chi connectivity index (χ2n) is 8.81. The highest BCUT2D eigenvalue weighted by molar-refractivity contribution is 7.14. The topological polar surface area (TPSA) is 106 Å². The van der Waals surface area contributed by atoms with Gasteiger partial charge in [-0.1, -0.05) is 42.0 Å². The zero-order valence-electron chi connectivity index (χ0n) is 21.9. The van der Waals surface area contributed by atoms with Gasteiger partial charge in [-0.3, -0.25) is 4.79 Å². The third kappa shape index (κ3) is 6.51. The first-order valence-corrected chi connectivity index (χ1v) is 13.5. The minimum atomic E-state index is -0.366. The predicted octanol–water partition coefficient (Wildman–Crippen LogP) is 7.06. The summed E-state index contributed by atoms with van der Waals surface area (Å²) in [6.07, 6.45) is 1.43. The van der Waals surface area contributed by atoms with Gasteiger partial charge < -0.3 is 14.5 Å². The van der Waals surface area contributed by atoms with Crippen LogP contribution in [0.3, 0.4) is 0 Å². The predicted molar refractivity (Wildman–Crippen MR) is 157 cm³/mol. The molecule has 0 aliphatic heterocycles. The van der Waals surface area contributed by atoms with Gasteiger partial charge in [0.1, 0.15) is 11.5 Å². The van der Waals surface area contributed by atoms with E-state index in [1.165, 1.54) is 23.1 Å². The number of ether oxygens (including phenoxy) is 1. The number of aromatic nitrogens is 1. The summed E-state index contributed by atoms with van der Waals surface area (Å²) in [6, 6.07) is 25.8. The molecule has 0 fully saturated rings. The Balaban J connectivity index is 1.15. The van der Waals surface area contributed by atoms with Crippen LogP contribution in [0, 0.1) is 6.92 Å². The van der Waals surface area contributed by atoms with Crippen LogP contribution < -0.4 is 10.7 Å². The van der Waals surface area contributed by atoms with Crippen LogP contribution in [0.5, 0.6) is 0 Å². The normalized spacial score (nSPS) is 10.9. The van der Waals surface area contributed by atoms with Gasteiger partial charge in [0.2, 0.25) is 0 Å². The van der Waals surface area contributed by atoms with E-state index in [1.54, 1.807) is 55.5 Å². The van der Waals surface area contributed by atoms with E-state index in [0.717, 1.165) is 27.6 Å². The molecule has 40 heavy (non-hydrogen) atoms. The number of esters is 1. The highest BCUT2D eigenvalue weighted by atomic mass is 32.1. The summed E-state index contributed by atoms with van der Waals surface area (Å²) in [5.74, 6) is 0.371. The quantitative estimate of drug-likeness (QED) is 0.116. The van der Waals surface area contributed by atoms with Crippen LogP contribution in [0.25, 0.3) is 22.6 Å². The Hall–Kier alpha value is -5.02.